The van der Waals surface area contributed by atoms with Gasteiger partial charge < -0.3 is 125 Å². The van der Waals surface area contributed by atoms with E-state index < -0.39 is 5.97 Å². The summed E-state index contributed by atoms with van der Waals surface area (Å²) in [7, 11) is 0. The lowest BCUT2D eigenvalue weighted by molar-refractivity contribution is -0.138. The second-order valence-electron chi connectivity index (χ2n) is 15.6. The van der Waals surface area contributed by atoms with Crippen molar-refractivity contribution in [3.63, 3.8) is 0 Å². The quantitative estimate of drug-likeness (QED) is 0.0772. The molecule has 27 nitrogen and oxygen atoms in total. The molecule has 79 heavy (non-hydrogen) atoms. The molecule has 0 heterocycles. The molecule has 476 valence electrons. The number of halogens is 1. The number of hydrogen-bond acceptors (Lipinski definition) is 26. The minimum atomic E-state index is -0.880. The van der Waals surface area contributed by atoms with Gasteiger partial charge in [-0.05, 0) is 0 Å². The Labute approximate surface area is 476 Å². The first kappa shape index (κ1) is 79.8. The fourth-order valence-corrected chi connectivity index (χ4v) is 5.40. The molecule has 0 radical (unpaired) electrons. The van der Waals surface area contributed by atoms with Gasteiger partial charge in [-0.2, -0.15) is 0 Å². The van der Waals surface area contributed by atoms with Crippen molar-refractivity contribution in [1.82, 2.24) is 0 Å². The normalized spacial score (nSPS) is 11.6. The molecule has 0 aromatic carbocycles. The summed E-state index contributed by atoms with van der Waals surface area (Å²) in [6.45, 7) is 23.4. The van der Waals surface area contributed by atoms with Gasteiger partial charge in [-0.3, -0.25) is 4.79 Å². The average molecular weight is 1180 g/mol. The molecule has 28 heteroatoms. The maximum atomic E-state index is 10.4. The van der Waals surface area contributed by atoms with Crippen LogP contribution in [0.2, 0.25) is 0 Å². The van der Waals surface area contributed by atoms with Crippen molar-refractivity contribution in [3.05, 3.63) is 0 Å². The van der Waals surface area contributed by atoms with E-state index in [9.17, 15) is 4.79 Å². The predicted molar refractivity (Wildman–Crippen MR) is 288 cm³/mol. The Hall–Kier alpha value is -1.24. The van der Waals surface area contributed by atoms with Gasteiger partial charge in [-0.1, -0.05) is 0 Å². The molecule has 0 rings (SSSR count). The summed E-state index contributed by atoms with van der Waals surface area (Å²) in [5.74, 6) is -0.880. The standard InChI is InChI=1S/C51H103NO26.ClH/c52-2-4-56-6-8-58-10-12-60-14-16-62-18-20-64-22-24-66-26-28-68-30-32-70-34-36-72-38-40-74-42-44-76-46-48-78-50-49-77-47-45-75-43-41-73-39-37-71-35-33-69-31-29-67-27-25-65-23-21-63-19-17-61-15-13-59-11-9-57-7-5-55-3-1-51(53)54;/h1-50,52H2,(H,53,54);1H. The molecule has 0 spiro atoms. The summed E-state index contributed by atoms with van der Waals surface area (Å²) in [6, 6.07) is 0. The lowest BCUT2D eigenvalue weighted by Gasteiger charge is -2.09. The molecular formula is C51H104ClNO26. The van der Waals surface area contributed by atoms with E-state index in [1.54, 1.807) is 0 Å². The Morgan fingerprint density at radius 2 is 0.278 bits per heavy atom. The van der Waals surface area contributed by atoms with Crippen LogP contribution < -0.4 is 5.73 Å². The lowest BCUT2D eigenvalue weighted by atomic mass is 10.5. The fourth-order valence-electron chi connectivity index (χ4n) is 5.40. The van der Waals surface area contributed by atoms with Crippen LogP contribution in [0.15, 0.2) is 0 Å². The molecule has 0 aliphatic rings. The van der Waals surface area contributed by atoms with E-state index in [1.807, 2.05) is 0 Å². The molecule has 0 saturated carbocycles. The zero-order valence-corrected chi connectivity index (χ0v) is 48.3. The Morgan fingerprint density at radius 1 is 0.190 bits per heavy atom. The molecule has 0 atom stereocenters. The predicted octanol–water partition coefficient (Wildman–Crippen LogP) is 0.240. The first-order chi connectivity index (χ1) is 38.8. The van der Waals surface area contributed by atoms with Gasteiger partial charge in [-0.25, -0.2) is 0 Å². The molecule has 0 aromatic rings. The zero-order valence-electron chi connectivity index (χ0n) is 47.5. The Bertz CT molecular complexity index is 1090. The second-order valence-corrected chi connectivity index (χ2v) is 15.6. The zero-order chi connectivity index (χ0) is 55.9. The van der Waals surface area contributed by atoms with E-state index in [0.29, 0.717) is 317 Å². The third-order valence-electron chi connectivity index (χ3n) is 9.28. The van der Waals surface area contributed by atoms with Gasteiger partial charge in [0.25, 0.3) is 0 Å². The number of hydrogen-bond donors (Lipinski definition) is 2. The monoisotopic (exact) mass is 1180 g/mol. The summed E-state index contributed by atoms with van der Waals surface area (Å²) in [4.78, 5) is 10.4. The van der Waals surface area contributed by atoms with E-state index in [2.05, 4.69) is 0 Å². The van der Waals surface area contributed by atoms with E-state index in [-0.39, 0.29) is 25.4 Å². The van der Waals surface area contributed by atoms with Crippen LogP contribution in [0.3, 0.4) is 0 Å². The van der Waals surface area contributed by atoms with Gasteiger partial charge >= 0.3 is 5.97 Å². The highest BCUT2D eigenvalue weighted by Gasteiger charge is 2.01. The summed E-state index contributed by atoms with van der Waals surface area (Å²) >= 11 is 0. The van der Waals surface area contributed by atoms with E-state index >= 15 is 0 Å². The summed E-state index contributed by atoms with van der Waals surface area (Å²) in [5, 5.41) is 8.52. The average Bonchev–Trinajstić information content (AvgIpc) is 3.44. The molecule has 3 N–H and O–H groups in total. The lowest BCUT2D eigenvalue weighted by Crippen LogP contribution is -2.16. The number of carbonyl (C=O) groups is 1. The number of ether oxygens (including phenoxy) is 24. The highest BCUT2D eigenvalue weighted by atomic mass is 35.5. The minimum Gasteiger partial charge on any atom is -0.481 e. The SMILES string of the molecule is Cl.NCCOCCOCCOCCOCCOCCOCCOCCOCCOCCOCCOCCOCCOCCOCCOCCOCCOCCOCCOCCOCCOCCOCCOCCOCCC(=O)O. The Morgan fingerprint density at radius 3 is 0.367 bits per heavy atom. The first-order valence-electron chi connectivity index (χ1n) is 27.5. The summed E-state index contributed by atoms with van der Waals surface area (Å²) in [6.07, 6.45) is -0.00969. The highest BCUT2D eigenvalue weighted by molar-refractivity contribution is 5.85. The maximum absolute atomic E-state index is 10.4. The largest absolute Gasteiger partial charge is 0.481 e. The van der Waals surface area contributed by atoms with Crippen LogP contribution in [0.5, 0.6) is 0 Å². The van der Waals surface area contributed by atoms with Crippen LogP contribution in [0, 0.1) is 0 Å². The summed E-state index contributed by atoms with van der Waals surface area (Å²) in [5.41, 5.74) is 5.34. The number of carboxylic acids is 1. The van der Waals surface area contributed by atoms with Gasteiger partial charge in [0.2, 0.25) is 0 Å². The number of aliphatic carboxylic acids is 1. The van der Waals surface area contributed by atoms with Crippen molar-refractivity contribution >= 4 is 18.4 Å². The molecule has 0 bridgehead atoms. The van der Waals surface area contributed by atoms with Crippen molar-refractivity contribution in [2.75, 3.05) is 324 Å². The Kier molecular flexibility index (Phi) is 77.6. The molecule has 0 aliphatic carbocycles. The molecule has 0 saturated heterocycles. The number of carboxylic acid groups (broad SMARTS) is 1. The first-order valence-corrected chi connectivity index (χ1v) is 27.5. The van der Waals surface area contributed by atoms with Crippen LogP contribution in [-0.2, 0) is 118 Å². The highest BCUT2D eigenvalue weighted by Crippen LogP contribution is 1.91. The van der Waals surface area contributed by atoms with Gasteiger partial charge in [-0.15, -0.1) is 12.4 Å². The maximum Gasteiger partial charge on any atom is 0.305 e. The van der Waals surface area contributed by atoms with Gasteiger partial charge in [0.05, 0.1) is 324 Å². The van der Waals surface area contributed by atoms with Crippen molar-refractivity contribution in [3.8, 4) is 0 Å². The summed E-state index contributed by atoms with van der Waals surface area (Å²) < 4.78 is 131. The van der Waals surface area contributed by atoms with Crippen LogP contribution in [0.1, 0.15) is 6.42 Å². The molecule has 0 amide bonds. The molecule has 0 aromatic heterocycles. The van der Waals surface area contributed by atoms with E-state index in [4.69, 9.17) is 125 Å². The van der Waals surface area contributed by atoms with Crippen LogP contribution >= 0.6 is 12.4 Å². The minimum absolute atomic E-state index is 0. The van der Waals surface area contributed by atoms with Crippen molar-refractivity contribution in [2.45, 2.75) is 6.42 Å². The Balaban J connectivity index is 0. The smallest absolute Gasteiger partial charge is 0.305 e. The van der Waals surface area contributed by atoms with Gasteiger partial charge in [0, 0.05) is 6.54 Å². The van der Waals surface area contributed by atoms with Gasteiger partial charge in [0.15, 0.2) is 0 Å². The third kappa shape index (κ3) is 78.9. The van der Waals surface area contributed by atoms with Crippen molar-refractivity contribution < 1.29 is 124 Å². The fraction of sp³-hybridized carbons (Fsp3) is 0.980. The van der Waals surface area contributed by atoms with Crippen LogP contribution in [-0.4, -0.2) is 335 Å². The van der Waals surface area contributed by atoms with Crippen LogP contribution in [0.25, 0.3) is 0 Å². The molecule has 0 unspecified atom stereocenters. The van der Waals surface area contributed by atoms with Crippen molar-refractivity contribution in [1.29, 1.82) is 0 Å². The second kappa shape index (κ2) is 76.8. The van der Waals surface area contributed by atoms with Crippen molar-refractivity contribution in [2.24, 2.45) is 5.73 Å². The molecule has 0 aliphatic heterocycles. The van der Waals surface area contributed by atoms with Crippen LogP contribution in [0.4, 0.5) is 0 Å². The van der Waals surface area contributed by atoms with E-state index in [0.717, 1.165) is 0 Å². The topological polar surface area (TPSA) is 285 Å². The van der Waals surface area contributed by atoms with Gasteiger partial charge in [0.1, 0.15) is 0 Å². The molecular weight excluding hydrogens is 1080 g/mol. The molecule has 0 fully saturated rings. The van der Waals surface area contributed by atoms with E-state index in [1.165, 1.54) is 0 Å². The number of nitrogens with two attached hydrogens (primary N) is 1. The third-order valence-corrected chi connectivity index (χ3v) is 9.28. The number of rotatable bonds is 74.